The van der Waals surface area contributed by atoms with Crippen LogP contribution in [0.15, 0.2) is 72.8 Å². The van der Waals surface area contributed by atoms with Crippen LogP contribution in [0.4, 0.5) is 10.1 Å². The number of ketones is 1. The summed E-state index contributed by atoms with van der Waals surface area (Å²) in [6, 6.07) is 18.6. The maximum atomic E-state index is 14.0. The van der Waals surface area contributed by atoms with Gasteiger partial charge in [-0.2, -0.15) is 4.31 Å². The summed E-state index contributed by atoms with van der Waals surface area (Å²) in [4.78, 5) is 25.6. The Kier molecular flexibility index (Phi) is 7.40. The molecule has 32 heavy (non-hydrogen) atoms. The molecule has 166 valence electrons. The smallest absolute Gasteiger partial charge is 0.239 e. The first-order chi connectivity index (χ1) is 15.1. The van der Waals surface area contributed by atoms with E-state index in [-0.39, 0.29) is 29.1 Å². The lowest BCUT2D eigenvalue weighted by molar-refractivity contribution is -0.116. The van der Waals surface area contributed by atoms with Crippen LogP contribution in [-0.4, -0.2) is 37.2 Å². The number of rotatable bonds is 8. The molecule has 0 aliphatic carbocycles. The zero-order valence-electron chi connectivity index (χ0n) is 17.1. The Morgan fingerprint density at radius 1 is 1.00 bits per heavy atom. The van der Waals surface area contributed by atoms with Crippen LogP contribution in [0.3, 0.4) is 0 Å². The van der Waals surface area contributed by atoms with E-state index in [2.05, 4.69) is 5.32 Å². The Morgan fingerprint density at radius 2 is 1.66 bits per heavy atom. The lowest BCUT2D eigenvalue weighted by Gasteiger charge is -2.20. The van der Waals surface area contributed by atoms with Crippen LogP contribution in [0.5, 0.6) is 0 Å². The molecule has 0 spiro atoms. The number of carbonyl (C=O) groups excluding carboxylic acids is 2. The number of hydrogen-bond acceptors (Lipinski definition) is 4. The second-order valence-electron chi connectivity index (χ2n) is 7.06. The van der Waals surface area contributed by atoms with Crippen LogP contribution < -0.4 is 5.32 Å². The summed E-state index contributed by atoms with van der Waals surface area (Å²) in [5.74, 6) is -1.61. The van der Waals surface area contributed by atoms with E-state index in [1.807, 2.05) is 0 Å². The predicted octanol–water partition coefficient (Wildman–Crippen LogP) is 4.11. The third kappa shape index (κ3) is 6.00. The molecular weight excluding hydrogens is 455 g/mol. The van der Waals surface area contributed by atoms with Crippen molar-refractivity contribution in [2.45, 2.75) is 6.54 Å². The van der Waals surface area contributed by atoms with Gasteiger partial charge in [-0.1, -0.05) is 60.1 Å². The molecule has 0 unspecified atom stereocenters. The standard InChI is InChI=1S/C23H20ClFN2O4S/c1-32(30,31)27(14-17-9-5-6-10-20(17)25)15-22(28)26-21-12-11-18(24)13-19(21)23(29)16-7-3-2-4-8-16/h2-13H,14-15H2,1H3,(H,26,28). The molecule has 0 atom stereocenters. The zero-order valence-corrected chi connectivity index (χ0v) is 18.7. The van der Waals surface area contributed by atoms with Gasteiger partial charge in [0.2, 0.25) is 15.9 Å². The molecule has 3 aromatic carbocycles. The van der Waals surface area contributed by atoms with Crippen LogP contribution in [0.2, 0.25) is 5.02 Å². The number of amides is 1. The van der Waals surface area contributed by atoms with E-state index >= 15 is 0 Å². The van der Waals surface area contributed by atoms with Crippen molar-refractivity contribution in [2.24, 2.45) is 0 Å². The zero-order chi connectivity index (χ0) is 23.3. The monoisotopic (exact) mass is 474 g/mol. The van der Waals surface area contributed by atoms with Crippen LogP contribution >= 0.6 is 11.6 Å². The second-order valence-corrected chi connectivity index (χ2v) is 9.47. The third-order valence-corrected chi connectivity index (χ3v) is 6.06. The minimum Gasteiger partial charge on any atom is -0.324 e. The van der Waals surface area contributed by atoms with E-state index in [1.165, 1.54) is 36.4 Å². The lowest BCUT2D eigenvalue weighted by Crippen LogP contribution is -2.37. The van der Waals surface area contributed by atoms with Gasteiger partial charge < -0.3 is 5.32 Å². The van der Waals surface area contributed by atoms with Crippen molar-refractivity contribution in [1.82, 2.24) is 4.31 Å². The van der Waals surface area contributed by atoms with Gasteiger partial charge >= 0.3 is 0 Å². The Balaban J connectivity index is 1.83. The van der Waals surface area contributed by atoms with Gasteiger partial charge in [-0.3, -0.25) is 9.59 Å². The number of nitrogens with one attached hydrogen (secondary N) is 1. The second kappa shape index (κ2) is 10.0. The highest BCUT2D eigenvalue weighted by Gasteiger charge is 2.23. The van der Waals surface area contributed by atoms with Crippen molar-refractivity contribution >= 4 is 39.0 Å². The Hall–Kier alpha value is -3.07. The highest BCUT2D eigenvalue weighted by Crippen LogP contribution is 2.24. The van der Waals surface area contributed by atoms with Crippen molar-refractivity contribution in [2.75, 3.05) is 18.1 Å². The molecule has 0 aromatic heterocycles. The van der Waals surface area contributed by atoms with Crippen molar-refractivity contribution in [1.29, 1.82) is 0 Å². The van der Waals surface area contributed by atoms with Gasteiger partial charge in [0.05, 0.1) is 18.5 Å². The van der Waals surface area contributed by atoms with Crippen LogP contribution in [0, 0.1) is 5.82 Å². The van der Waals surface area contributed by atoms with E-state index in [0.29, 0.717) is 10.6 Å². The van der Waals surface area contributed by atoms with Gasteiger partial charge in [-0.05, 0) is 24.3 Å². The summed E-state index contributed by atoms with van der Waals surface area (Å²) >= 11 is 6.05. The van der Waals surface area contributed by atoms with E-state index < -0.39 is 28.3 Å². The normalized spacial score (nSPS) is 11.4. The van der Waals surface area contributed by atoms with Gasteiger partial charge in [-0.25, -0.2) is 12.8 Å². The fraction of sp³-hybridized carbons (Fsp3) is 0.130. The molecule has 0 aliphatic rings. The topological polar surface area (TPSA) is 83.6 Å². The molecule has 0 heterocycles. The van der Waals surface area contributed by atoms with Gasteiger partial charge in [0, 0.05) is 28.3 Å². The van der Waals surface area contributed by atoms with E-state index in [9.17, 15) is 22.4 Å². The number of nitrogens with zero attached hydrogens (tertiary/aromatic N) is 1. The van der Waals surface area contributed by atoms with E-state index in [0.717, 1.165) is 10.6 Å². The number of halogens is 2. The van der Waals surface area contributed by atoms with E-state index in [4.69, 9.17) is 11.6 Å². The molecule has 0 aliphatic heterocycles. The molecule has 0 bridgehead atoms. The molecule has 1 N–H and O–H groups in total. The summed E-state index contributed by atoms with van der Waals surface area (Å²) in [5.41, 5.74) is 0.893. The molecule has 1 amide bonds. The Bertz CT molecular complexity index is 1250. The first-order valence-corrected chi connectivity index (χ1v) is 11.8. The highest BCUT2D eigenvalue weighted by atomic mass is 35.5. The Morgan fingerprint density at radius 3 is 2.31 bits per heavy atom. The van der Waals surface area contributed by atoms with Crippen LogP contribution in [0.1, 0.15) is 21.5 Å². The van der Waals surface area contributed by atoms with Gasteiger partial charge in [0.1, 0.15) is 5.82 Å². The predicted molar refractivity (Wildman–Crippen MR) is 122 cm³/mol. The van der Waals surface area contributed by atoms with Crippen molar-refractivity contribution in [3.8, 4) is 0 Å². The molecule has 9 heteroatoms. The summed E-state index contributed by atoms with van der Waals surface area (Å²) in [5, 5.41) is 2.88. The van der Waals surface area contributed by atoms with Crippen LogP contribution in [-0.2, 0) is 21.4 Å². The van der Waals surface area contributed by atoms with Gasteiger partial charge in [-0.15, -0.1) is 0 Å². The molecule has 0 fully saturated rings. The SMILES string of the molecule is CS(=O)(=O)N(CC(=O)Nc1ccc(Cl)cc1C(=O)c1ccccc1)Cc1ccccc1F. The summed E-state index contributed by atoms with van der Waals surface area (Å²) in [7, 11) is -3.83. The quantitative estimate of drug-likeness (QED) is 0.498. The van der Waals surface area contributed by atoms with Crippen molar-refractivity contribution in [3.63, 3.8) is 0 Å². The summed E-state index contributed by atoms with van der Waals surface area (Å²) < 4.78 is 39.2. The van der Waals surface area contributed by atoms with Gasteiger partial charge in [0.25, 0.3) is 0 Å². The van der Waals surface area contributed by atoms with E-state index in [1.54, 1.807) is 36.4 Å². The molecule has 3 aromatic rings. The number of sulfonamides is 1. The maximum Gasteiger partial charge on any atom is 0.239 e. The lowest BCUT2D eigenvalue weighted by atomic mass is 10.0. The third-order valence-electron chi connectivity index (χ3n) is 4.63. The number of hydrogen-bond donors (Lipinski definition) is 1. The number of carbonyl (C=O) groups is 2. The molecule has 0 saturated carbocycles. The summed E-state index contributed by atoms with van der Waals surface area (Å²) in [6.07, 6.45) is 0.938. The fourth-order valence-electron chi connectivity index (χ4n) is 3.02. The first-order valence-electron chi connectivity index (χ1n) is 9.53. The van der Waals surface area contributed by atoms with Gasteiger partial charge in [0.15, 0.2) is 5.78 Å². The average Bonchev–Trinajstić information content (AvgIpc) is 2.75. The maximum absolute atomic E-state index is 14.0. The molecule has 0 radical (unpaired) electrons. The highest BCUT2D eigenvalue weighted by molar-refractivity contribution is 7.88. The summed E-state index contributed by atoms with van der Waals surface area (Å²) in [6.45, 7) is -0.871. The largest absolute Gasteiger partial charge is 0.324 e. The average molecular weight is 475 g/mol. The molecule has 6 nitrogen and oxygen atoms in total. The molecular formula is C23H20ClFN2O4S. The number of anilines is 1. The Labute approximate surface area is 190 Å². The number of benzene rings is 3. The van der Waals surface area contributed by atoms with Crippen LogP contribution in [0.25, 0.3) is 0 Å². The van der Waals surface area contributed by atoms with Crippen molar-refractivity contribution in [3.05, 3.63) is 100 Å². The fourth-order valence-corrected chi connectivity index (χ4v) is 3.91. The minimum atomic E-state index is -3.83. The minimum absolute atomic E-state index is 0.136. The molecule has 3 rings (SSSR count). The van der Waals surface area contributed by atoms with Crippen molar-refractivity contribution < 1.29 is 22.4 Å². The molecule has 0 saturated heterocycles. The first kappa shape index (κ1) is 23.6.